The lowest BCUT2D eigenvalue weighted by atomic mass is 10.3. The van der Waals surface area contributed by atoms with Crippen molar-refractivity contribution in [3.8, 4) is 5.75 Å². The molecule has 96 valence electrons. The van der Waals surface area contributed by atoms with Crippen molar-refractivity contribution >= 4 is 54.5 Å². The van der Waals surface area contributed by atoms with E-state index in [1.165, 1.54) is 12.1 Å². The summed E-state index contributed by atoms with van der Waals surface area (Å²) < 4.78 is 26.6. The minimum absolute atomic E-state index is 0.146. The van der Waals surface area contributed by atoms with Crippen LogP contribution in [0.3, 0.4) is 0 Å². The average molecular weight is 338 g/mol. The smallest absolute Gasteiger partial charge is 0.232 e. The number of hydrogen-bond acceptors (Lipinski definition) is 3. The van der Waals surface area contributed by atoms with Gasteiger partial charge < -0.3 is 4.74 Å². The number of halogens is 4. The number of rotatable bonds is 5. The lowest BCUT2D eigenvalue weighted by Crippen LogP contribution is -2.05. The minimum atomic E-state index is -3.50. The molecule has 1 aromatic rings. The Morgan fingerprint density at radius 2 is 1.65 bits per heavy atom. The van der Waals surface area contributed by atoms with Crippen molar-refractivity contribution < 1.29 is 13.2 Å². The van der Waals surface area contributed by atoms with Crippen molar-refractivity contribution in [2.24, 2.45) is 0 Å². The summed E-state index contributed by atoms with van der Waals surface area (Å²) in [6.07, 6.45) is 0.251. The molecule has 0 amide bonds. The molecule has 0 saturated heterocycles. The molecule has 0 N–H and O–H groups in total. The van der Waals surface area contributed by atoms with Gasteiger partial charge in [-0.15, -0.1) is 0 Å². The zero-order valence-electron chi connectivity index (χ0n) is 8.42. The molecule has 0 fully saturated rings. The third kappa shape index (κ3) is 5.53. The summed E-state index contributed by atoms with van der Waals surface area (Å²) in [5.74, 6) is 0.113. The second-order valence-corrected chi connectivity index (χ2v) is 7.29. The molecule has 0 radical (unpaired) electrons. The summed E-state index contributed by atoms with van der Waals surface area (Å²) >= 11 is 17.5. The van der Waals surface area contributed by atoms with Gasteiger partial charge in [0.1, 0.15) is 0 Å². The maximum atomic E-state index is 10.7. The Hall–Kier alpha value is 0.130. The van der Waals surface area contributed by atoms with Crippen LogP contribution in [0.5, 0.6) is 5.75 Å². The van der Waals surface area contributed by atoms with Crippen LogP contribution in [0.4, 0.5) is 0 Å². The second-order valence-electron chi connectivity index (χ2n) is 3.14. The average Bonchev–Trinajstić information content (AvgIpc) is 2.13. The normalized spacial score (nSPS) is 11.5. The summed E-state index contributed by atoms with van der Waals surface area (Å²) in [6, 6.07) is 2.98. The van der Waals surface area contributed by atoms with Gasteiger partial charge in [-0.05, 0) is 18.6 Å². The molecule has 1 aromatic carbocycles. The first-order chi connectivity index (χ1) is 7.79. The second kappa shape index (κ2) is 6.34. The number of hydrogen-bond donors (Lipinski definition) is 0. The Morgan fingerprint density at radius 1 is 1.12 bits per heavy atom. The van der Waals surface area contributed by atoms with Crippen LogP contribution in [-0.2, 0) is 9.05 Å². The van der Waals surface area contributed by atoms with Gasteiger partial charge in [0, 0.05) is 15.7 Å². The molecular weight excluding hydrogens is 330 g/mol. The molecule has 0 atom stereocenters. The highest BCUT2D eigenvalue weighted by Crippen LogP contribution is 2.35. The predicted octanol–water partition coefficient (Wildman–Crippen LogP) is 3.98. The monoisotopic (exact) mass is 336 g/mol. The Labute approximate surface area is 119 Å². The van der Waals surface area contributed by atoms with Crippen LogP contribution < -0.4 is 4.74 Å². The quantitative estimate of drug-likeness (QED) is 0.602. The third-order valence-corrected chi connectivity index (χ3v) is 3.76. The first-order valence-corrected chi connectivity index (χ1v) is 8.10. The summed E-state index contributed by atoms with van der Waals surface area (Å²) in [5, 5.41) is 0.947. The van der Waals surface area contributed by atoms with E-state index in [0.717, 1.165) is 0 Å². The van der Waals surface area contributed by atoms with Crippen LogP contribution in [-0.4, -0.2) is 20.8 Å². The van der Waals surface area contributed by atoms with Crippen molar-refractivity contribution in [2.45, 2.75) is 6.42 Å². The molecule has 0 bridgehead atoms. The molecule has 8 heteroatoms. The van der Waals surface area contributed by atoms with E-state index < -0.39 is 9.05 Å². The Kier molecular flexibility index (Phi) is 5.67. The molecule has 0 spiro atoms. The highest BCUT2D eigenvalue weighted by molar-refractivity contribution is 8.13. The maximum absolute atomic E-state index is 10.7. The van der Waals surface area contributed by atoms with Crippen molar-refractivity contribution in [1.29, 1.82) is 0 Å². The zero-order valence-corrected chi connectivity index (χ0v) is 12.3. The highest BCUT2D eigenvalue weighted by atomic mass is 35.7. The van der Waals surface area contributed by atoms with Crippen LogP contribution in [0.25, 0.3) is 0 Å². The van der Waals surface area contributed by atoms with Crippen molar-refractivity contribution in [3.05, 3.63) is 27.2 Å². The van der Waals surface area contributed by atoms with E-state index in [0.29, 0.717) is 5.02 Å². The van der Waals surface area contributed by atoms with E-state index in [2.05, 4.69) is 0 Å². The lowest BCUT2D eigenvalue weighted by molar-refractivity contribution is 0.318. The van der Waals surface area contributed by atoms with E-state index in [4.69, 9.17) is 50.2 Å². The number of ether oxygens (including phenoxy) is 1. The molecule has 0 heterocycles. The van der Waals surface area contributed by atoms with Crippen LogP contribution in [0.15, 0.2) is 12.1 Å². The Morgan fingerprint density at radius 3 is 2.12 bits per heavy atom. The topological polar surface area (TPSA) is 43.4 Å². The minimum Gasteiger partial charge on any atom is -0.490 e. The first kappa shape index (κ1) is 15.2. The van der Waals surface area contributed by atoms with E-state index in [1.807, 2.05) is 0 Å². The van der Waals surface area contributed by atoms with Crippen LogP contribution in [0, 0.1) is 0 Å². The molecule has 0 aliphatic carbocycles. The Balaban J connectivity index is 2.58. The van der Waals surface area contributed by atoms with Gasteiger partial charge in [0.2, 0.25) is 9.05 Å². The molecule has 0 aliphatic heterocycles. The number of benzene rings is 1. The van der Waals surface area contributed by atoms with E-state index in [1.54, 1.807) is 0 Å². The van der Waals surface area contributed by atoms with E-state index in [-0.39, 0.29) is 34.6 Å². The lowest BCUT2D eigenvalue weighted by Gasteiger charge is -2.09. The largest absolute Gasteiger partial charge is 0.490 e. The summed E-state index contributed by atoms with van der Waals surface area (Å²) in [5.41, 5.74) is 0. The molecule has 0 unspecified atom stereocenters. The fraction of sp³-hybridized carbons (Fsp3) is 0.333. The van der Waals surface area contributed by atoms with Gasteiger partial charge in [-0.2, -0.15) is 0 Å². The SMILES string of the molecule is O=S(=O)(Cl)CCCOc1c(Cl)cc(Cl)cc1Cl. The van der Waals surface area contributed by atoms with E-state index in [9.17, 15) is 8.42 Å². The highest BCUT2D eigenvalue weighted by Gasteiger charge is 2.10. The summed E-state index contributed by atoms with van der Waals surface area (Å²) in [6.45, 7) is 0.146. The van der Waals surface area contributed by atoms with Crippen LogP contribution >= 0.6 is 45.5 Å². The van der Waals surface area contributed by atoms with Crippen molar-refractivity contribution in [1.82, 2.24) is 0 Å². The van der Waals surface area contributed by atoms with Gasteiger partial charge in [-0.25, -0.2) is 8.42 Å². The van der Waals surface area contributed by atoms with Gasteiger partial charge in [-0.1, -0.05) is 34.8 Å². The first-order valence-electron chi connectivity index (χ1n) is 4.49. The summed E-state index contributed by atoms with van der Waals surface area (Å²) in [7, 11) is 1.54. The van der Waals surface area contributed by atoms with Crippen molar-refractivity contribution in [3.63, 3.8) is 0 Å². The fourth-order valence-electron chi connectivity index (χ4n) is 1.07. The van der Waals surface area contributed by atoms with Gasteiger partial charge >= 0.3 is 0 Å². The zero-order chi connectivity index (χ0) is 13.1. The third-order valence-electron chi connectivity index (χ3n) is 1.74. The summed E-state index contributed by atoms with van der Waals surface area (Å²) in [4.78, 5) is 0. The fourth-order valence-corrected chi connectivity index (χ4v) is 2.79. The molecule has 1 rings (SSSR count). The molecule has 0 aliphatic rings. The van der Waals surface area contributed by atoms with Crippen molar-refractivity contribution in [2.75, 3.05) is 12.4 Å². The van der Waals surface area contributed by atoms with E-state index >= 15 is 0 Å². The van der Waals surface area contributed by atoms with Crippen LogP contribution in [0.1, 0.15) is 6.42 Å². The molecule has 0 saturated carbocycles. The molecule has 3 nitrogen and oxygen atoms in total. The standard InChI is InChI=1S/C9H8Cl4O3S/c10-6-4-7(11)9(8(12)5-6)16-2-1-3-17(13,14)15/h4-5H,1-3H2. The maximum Gasteiger partial charge on any atom is 0.232 e. The predicted molar refractivity (Wildman–Crippen MR) is 71.2 cm³/mol. The van der Waals surface area contributed by atoms with Gasteiger partial charge in [-0.3, -0.25) is 0 Å². The Bertz CT molecular complexity index is 478. The molecule has 0 aromatic heterocycles. The molecule has 17 heavy (non-hydrogen) atoms. The van der Waals surface area contributed by atoms with Gasteiger partial charge in [0.15, 0.2) is 5.75 Å². The van der Waals surface area contributed by atoms with Gasteiger partial charge in [0.25, 0.3) is 0 Å². The van der Waals surface area contributed by atoms with Gasteiger partial charge in [0.05, 0.1) is 22.4 Å². The van der Waals surface area contributed by atoms with Crippen LogP contribution in [0.2, 0.25) is 15.1 Å². The molecular formula is C9H8Cl4O3S.